The van der Waals surface area contributed by atoms with Gasteiger partial charge in [0, 0.05) is 29.8 Å². The van der Waals surface area contributed by atoms with Gasteiger partial charge in [0.15, 0.2) is 11.5 Å². The molecule has 0 radical (unpaired) electrons. The Kier molecular flexibility index (Phi) is 5.43. The van der Waals surface area contributed by atoms with Crippen LogP contribution in [0.4, 0.5) is 5.69 Å². The highest BCUT2D eigenvalue weighted by atomic mass is 16.6. The molecular weight excluding hydrogens is 384 g/mol. The third kappa shape index (κ3) is 4.15. The first-order valence-corrected chi connectivity index (χ1v) is 9.20. The highest BCUT2D eigenvalue weighted by Crippen LogP contribution is 2.37. The second-order valence-corrected chi connectivity index (χ2v) is 6.46. The molecule has 0 saturated heterocycles. The SMILES string of the molecule is COc1cc2c(Oc3ccc([N+](=O)[O-])cc3)ccnc2cc1OCc1ccccc1. The average molecular weight is 402 g/mol. The zero-order valence-corrected chi connectivity index (χ0v) is 16.1. The predicted octanol–water partition coefficient (Wildman–Crippen LogP) is 5.52. The lowest BCUT2D eigenvalue weighted by atomic mass is 10.1. The number of hydrogen-bond donors (Lipinski definition) is 0. The van der Waals surface area contributed by atoms with Gasteiger partial charge in [-0.3, -0.25) is 15.1 Å². The maximum atomic E-state index is 10.8. The van der Waals surface area contributed by atoms with Crippen molar-refractivity contribution < 1.29 is 19.1 Å². The molecule has 0 unspecified atom stereocenters. The van der Waals surface area contributed by atoms with Gasteiger partial charge in [-0.25, -0.2) is 0 Å². The molecule has 4 rings (SSSR count). The molecule has 0 aliphatic carbocycles. The summed E-state index contributed by atoms with van der Waals surface area (Å²) in [5, 5.41) is 11.6. The standard InChI is InChI=1S/C23H18N2O5/c1-28-22-13-19-20(14-23(22)29-15-16-5-3-2-4-6-16)24-12-11-21(19)30-18-9-7-17(8-10-18)25(26)27/h2-14H,15H2,1H3. The summed E-state index contributed by atoms with van der Waals surface area (Å²) in [5.74, 6) is 2.17. The molecule has 0 N–H and O–H groups in total. The number of methoxy groups -OCH3 is 1. The lowest BCUT2D eigenvalue weighted by Crippen LogP contribution is -1.98. The van der Waals surface area contributed by atoms with Crippen LogP contribution in [0.15, 0.2) is 79.0 Å². The van der Waals surface area contributed by atoms with Crippen molar-refractivity contribution in [1.82, 2.24) is 4.98 Å². The maximum absolute atomic E-state index is 10.8. The van der Waals surface area contributed by atoms with Crippen LogP contribution in [0.3, 0.4) is 0 Å². The van der Waals surface area contributed by atoms with Gasteiger partial charge in [0.25, 0.3) is 5.69 Å². The molecule has 0 saturated carbocycles. The minimum Gasteiger partial charge on any atom is -0.493 e. The molecule has 7 heteroatoms. The third-order valence-electron chi connectivity index (χ3n) is 4.50. The Balaban J connectivity index is 1.63. The fraction of sp³-hybridized carbons (Fsp3) is 0.0870. The van der Waals surface area contributed by atoms with Crippen molar-refractivity contribution in [3.8, 4) is 23.0 Å². The zero-order chi connectivity index (χ0) is 20.9. The summed E-state index contributed by atoms with van der Waals surface area (Å²) in [6, 6.07) is 21.1. The minimum absolute atomic E-state index is 0.00353. The van der Waals surface area contributed by atoms with Crippen LogP contribution in [-0.2, 0) is 6.61 Å². The topological polar surface area (TPSA) is 83.7 Å². The summed E-state index contributed by atoms with van der Waals surface area (Å²) in [6.45, 7) is 0.404. The van der Waals surface area contributed by atoms with E-state index in [0.717, 1.165) is 10.9 Å². The van der Waals surface area contributed by atoms with E-state index in [2.05, 4.69) is 4.98 Å². The van der Waals surface area contributed by atoms with Crippen LogP contribution in [0.5, 0.6) is 23.0 Å². The second-order valence-electron chi connectivity index (χ2n) is 6.46. The summed E-state index contributed by atoms with van der Waals surface area (Å²) in [4.78, 5) is 14.8. The Morgan fingerprint density at radius 1 is 0.933 bits per heavy atom. The first-order valence-electron chi connectivity index (χ1n) is 9.20. The van der Waals surface area contributed by atoms with Crippen molar-refractivity contribution in [2.24, 2.45) is 0 Å². The van der Waals surface area contributed by atoms with Crippen LogP contribution in [0, 0.1) is 10.1 Å². The van der Waals surface area contributed by atoms with E-state index in [4.69, 9.17) is 14.2 Å². The monoisotopic (exact) mass is 402 g/mol. The van der Waals surface area contributed by atoms with Crippen molar-refractivity contribution in [3.05, 3.63) is 94.7 Å². The first kappa shape index (κ1) is 19.2. The molecule has 1 heterocycles. The molecule has 0 aliphatic rings. The van der Waals surface area contributed by atoms with Crippen LogP contribution in [0.1, 0.15) is 5.56 Å². The number of hydrogen-bond acceptors (Lipinski definition) is 6. The zero-order valence-electron chi connectivity index (χ0n) is 16.1. The smallest absolute Gasteiger partial charge is 0.269 e. The Labute approximate surface area is 172 Å². The van der Waals surface area contributed by atoms with Gasteiger partial charge in [-0.05, 0) is 29.8 Å². The van der Waals surface area contributed by atoms with E-state index >= 15 is 0 Å². The number of pyridine rings is 1. The molecular formula is C23H18N2O5. The second kappa shape index (κ2) is 8.48. The Hall–Kier alpha value is -4.13. The molecule has 0 aliphatic heterocycles. The molecule has 0 bridgehead atoms. The normalized spacial score (nSPS) is 10.6. The predicted molar refractivity (Wildman–Crippen MR) is 112 cm³/mol. The number of nitrogens with zero attached hydrogens (tertiary/aromatic N) is 2. The molecule has 3 aromatic carbocycles. The summed E-state index contributed by atoms with van der Waals surface area (Å²) in [5.41, 5.74) is 1.73. The van der Waals surface area contributed by atoms with E-state index in [9.17, 15) is 10.1 Å². The largest absolute Gasteiger partial charge is 0.493 e. The number of nitro benzene ring substituents is 1. The molecule has 0 spiro atoms. The number of benzene rings is 3. The van der Waals surface area contributed by atoms with E-state index in [-0.39, 0.29) is 5.69 Å². The van der Waals surface area contributed by atoms with Crippen molar-refractivity contribution >= 4 is 16.6 Å². The van der Waals surface area contributed by atoms with E-state index in [1.54, 1.807) is 37.6 Å². The third-order valence-corrected chi connectivity index (χ3v) is 4.50. The van der Waals surface area contributed by atoms with Crippen LogP contribution in [0.2, 0.25) is 0 Å². The van der Waals surface area contributed by atoms with Gasteiger partial charge >= 0.3 is 0 Å². The van der Waals surface area contributed by atoms with Gasteiger partial charge in [-0.1, -0.05) is 30.3 Å². The summed E-state index contributed by atoms with van der Waals surface area (Å²) >= 11 is 0. The number of fused-ring (bicyclic) bond motifs is 1. The van der Waals surface area contributed by atoms with Gasteiger partial charge in [-0.2, -0.15) is 0 Å². The minimum atomic E-state index is -0.451. The number of non-ortho nitro benzene ring substituents is 1. The van der Waals surface area contributed by atoms with Crippen LogP contribution < -0.4 is 14.2 Å². The van der Waals surface area contributed by atoms with Gasteiger partial charge in [0.05, 0.1) is 17.5 Å². The Bertz CT molecular complexity index is 1180. The molecule has 1 aromatic heterocycles. The van der Waals surface area contributed by atoms with Crippen molar-refractivity contribution in [2.45, 2.75) is 6.61 Å². The molecule has 0 atom stereocenters. The molecule has 30 heavy (non-hydrogen) atoms. The number of rotatable bonds is 7. The summed E-state index contributed by atoms with van der Waals surface area (Å²) < 4.78 is 17.4. The van der Waals surface area contributed by atoms with Crippen molar-refractivity contribution in [1.29, 1.82) is 0 Å². The Morgan fingerprint density at radius 3 is 2.40 bits per heavy atom. The van der Waals surface area contributed by atoms with Gasteiger partial charge in [0.1, 0.15) is 18.1 Å². The van der Waals surface area contributed by atoms with E-state index in [1.165, 1.54) is 12.1 Å². The number of aromatic nitrogens is 1. The van der Waals surface area contributed by atoms with Gasteiger partial charge < -0.3 is 14.2 Å². The van der Waals surface area contributed by atoms with E-state index < -0.39 is 4.92 Å². The van der Waals surface area contributed by atoms with Crippen molar-refractivity contribution in [3.63, 3.8) is 0 Å². The molecule has 0 fully saturated rings. The molecule has 150 valence electrons. The van der Waals surface area contributed by atoms with Crippen molar-refractivity contribution in [2.75, 3.05) is 7.11 Å². The van der Waals surface area contributed by atoms with Gasteiger partial charge in [-0.15, -0.1) is 0 Å². The van der Waals surface area contributed by atoms with E-state index in [0.29, 0.717) is 35.1 Å². The molecule has 4 aromatic rings. The fourth-order valence-corrected chi connectivity index (χ4v) is 2.99. The highest BCUT2D eigenvalue weighted by molar-refractivity contribution is 5.88. The summed E-state index contributed by atoms with van der Waals surface area (Å²) in [7, 11) is 1.57. The van der Waals surface area contributed by atoms with Crippen LogP contribution in [0.25, 0.3) is 10.9 Å². The average Bonchev–Trinajstić information content (AvgIpc) is 2.78. The number of nitro groups is 1. The highest BCUT2D eigenvalue weighted by Gasteiger charge is 2.13. The van der Waals surface area contributed by atoms with Crippen LogP contribution >= 0.6 is 0 Å². The molecule has 7 nitrogen and oxygen atoms in total. The lowest BCUT2D eigenvalue weighted by molar-refractivity contribution is -0.384. The number of ether oxygens (including phenoxy) is 3. The quantitative estimate of drug-likeness (QED) is 0.299. The van der Waals surface area contributed by atoms with E-state index in [1.807, 2.05) is 36.4 Å². The summed E-state index contributed by atoms with van der Waals surface area (Å²) in [6.07, 6.45) is 1.64. The first-order chi connectivity index (χ1) is 14.6. The Morgan fingerprint density at radius 2 is 1.70 bits per heavy atom. The maximum Gasteiger partial charge on any atom is 0.269 e. The van der Waals surface area contributed by atoms with Gasteiger partial charge in [0.2, 0.25) is 0 Å². The van der Waals surface area contributed by atoms with Crippen LogP contribution in [-0.4, -0.2) is 17.0 Å². The fourth-order valence-electron chi connectivity index (χ4n) is 2.99. The molecule has 0 amide bonds. The lowest BCUT2D eigenvalue weighted by Gasteiger charge is -2.14.